The first kappa shape index (κ1) is 32.9. The van der Waals surface area contributed by atoms with Gasteiger partial charge in [0.1, 0.15) is 0 Å². The van der Waals surface area contributed by atoms with Crippen LogP contribution >= 0.6 is 0 Å². The molecule has 154 valence electrons. The van der Waals surface area contributed by atoms with Crippen molar-refractivity contribution in [2.24, 2.45) is 0 Å². The molecule has 0 atom stereocenters. The minimum absolute atomic E-state index is 0. The van der Waals surface area contributed by atoms with Crippen molar-refractivity contribution in [2.45, 2.75) is 69.2 Å². The number of carbonyl (C=O) groups excluding carboxylic acids is 2. The number of rotatable bonds is 0. The van der Waals surface area contributed by atoms with Crippen molar-refractivity contribution < 1.29 is 48.5 Å². The predicted octanol–water partition coefficient (Wildman–Crippen LogP) is 5.34. The molecule has 0 N–H and O–H groups in total. The Balaban J connectivity index is -0.000000147. The minimum atomic E-state index is 0. The number of hydrogen-bond donors (Lipinski definition) is 0. The molecule has 26 heavy (non-hydrogen) atoms. The van der Waals surface area contributed by atoms with E-state index in [1.165, 1.54) is 55.6 Å². The van der Waals surface area contributed by atoms with Crippen molar-refractivity contribution in [1.82, 2.24) is 0 Å². The Bertz CT molecular complexity index is 446. The molecule has 2 aromatic carbocycles. The van der Waals surface area contributed by atoms with Gasteiger partial charge in [0.2, 0.25) is 0 Å². The summed E-state index contributed by atoms with van der Waals surface area (Å²) >= 11 is 0. The zero-order valence-corrected chi connectivity index (χ0v) is 20.9. The van der Waals surface area contributed by atoms with Crippen LogP contribution in [0.25, 0.3) is 0 Å². The van der Waals surface area contributed by atoms with Crippen molar-refractivity contribution >= 4 is 13.6 Å². The molecule has 0 saturated carbocycles. The Morgan fingerprint density at radius 3 is 0.615 bits per heavy atom. The molecule has 0 amide bonds. The molecule has 0 aliphatic rings. The van der Waals surface area contributed by atoms with Crippen LogP contribution in [-0.4, -0.2) is 13.6 Å². The van der Waals surface area contributed by atoms with Gasteiger partial charge in [0.05, 0.1) is 0 Å². The molecule has 2 rings (SSSR count). The van der Waals surface area contributed by atoms with E-state index in [9.17, 15) is 0 Å². The van der Waals surface area contributed by atoms with E-state index >= 15 is 0 Å². The van der Waals surface area contributed by atoms with Gasteiger partial charge in [-0.1, -0.05) is 69.2 Å². The zero-order chi connectivity index (χ0) is 19.8. The first-order valence-electron chi connectivity index (χ1n) is 7.97. The molecule has 0 aliphatic carbocycles. The molecule has 0 saturated heterocycles. The van der Waals surface area contributed by atoms with Crippen molar-refractivity contribution in [1.29, 1.82) is 0 Å². The molecule has 0 bridgehead atoms. The van der Waals surface area contributed by atoms with E-state index in [0.29, 0.717) is 0 Å². The molecule has 0 spiro atoms. The molecule has 2 nitrogen and oxygen atoms in total. The van der Waals surface area contributed by atoms with Gasteiger partial charge in [0, 0.05) is 39.0 Å². The molecule has 0 fully saturated rings. The van der Waals surface area contributed by atoms with Crippen LogP contribution in [-0.2, 0) is 48.5 Å². The SMILES string of the molecule is Cc1c(C)c(C)[c-](C)c1C.Cc1c(C)c(C)[c-](C)c1C.[CH-]=O.[CH-]=O.[Rh].[Rh]. The van der Waals surface area contributed by atoms with Gasteiger partial charge in [-0.05, 0) is 0 Å². The Labute approximate surface area is 186 Å². The van der Waals surface area contributed by atoms with E-state index in [4.69, 9.17) is 9.59 Å². The van der Waals surface area contributed by atoms with Gasteiger partial charge in [-0.15, -0.1) is 0 Å². The fourth-order valence-corrected chi connectivity index (χ4v) is 2.81. The Kier molecular flexibility index (Phi) is 19.4. The molecule has 0 heterocycles. The van der Waals surface area contributed by atoms with Crippen LogP contribution < -0.4 is 0 Å². The van der Waals surface area contributed by atoms with Crippen molar-refractivity contribution in [3.05, 3.63) is 55.6 Å². The zero-order valence-electron chi connectivity index (χ0n) is 17.6. The summed E-state index contributed by atoms with van der Waals surface area (Å²) in [6.45, 7) is 28.5. The second kappa shape index (κ2) is 15.4. The van der Waals surface area contributed by atoms with Crippen LogP contribution in [0.3, 0.4) is 0 Å². The number of hydrogen-bond acceptors (Lipinski definition) is 2. The van der Waals surface area contributed by atoms with E-state index in [1.54, 1.807) is 0 Å². The largest absolute Gasteiger partial charge is 0.545 e. The summed E-state index contributed by atoms with van der Waals surface area (Å²) in [6, 6.07) is 0. The van der Waals surface area contributed by atoms with Crippen LogP contribution in [0.15, 0.2) is 0 Å². The van der Waals surface area contributed by atoms with E-state index in [2.05, 4.69) is 82.8 Å². The Hall–Kier alpha value is -0.713. The summed E-state index contributed by atoms with van der Waals surface area (Å²) in [5, 5.41) is 0. The first-order valence-corrected chi connectivity index (χ1v) is 7.97. The van der Waals surface area contributed by atoms with Crippen molar-refractivity contribution in [3.8, 4) is 0 Å². The summed E-state index contributed by atoms with van der Waals surface area (Å²) in [4.78, 5) is 15.5. The maximum atomic E-state index is 7.75. The van der Waals surface area contributed by atoms with Gasteiger partial charge >= 0.3 is 0 Å². The molecule has 0 aliphatic heterocycles. The summed E-state index contributed by atoms with van der Waals surface area (Å²) < 4.78 is 0. The van der Waals surface area contributed by atoms with E-state index < -0.39 is 0 Å². The second-order valence-corrected chi connectivity index (χ2v) is 6.25. The van der Waals surface area contributed by atoms with E-state index in [-0.39, 0.29) is 39.0 Å². The van der Waals surface area contributed by atoms with Crippen LogP contribution in [0.1, 0.15) is 55.6 Å². The maximum absolute atomic E-state index is 7.75. The second-order valence-electron chi connectivity index (χ2n) is 6.25. The predicted molar refractivity (Wildman–Crippen MR) is 105 cm³/mol. The van der Waals surface area contributed by atoms with Crippen LogP contribution in [0.4, 0.5) is 0 Å². The van der Waals surface area contributed by atoms with Crippen LogP contribution in [0, 0.1) is 69.2 Å². The standard InChI is InChI=1S/2C10H15.2CHO.2Rh/c2*1-6-7(2)9(4)10(5)8(6)3;2*1-2;;/h2*1-5H3;2*1H;;/q4*-1;;. The van der Waals surface area contributed by atoms with Gasteiger partial charge in [-0.3, -0.25) is 13.6 Å². The van der Waals surface area contributed by atoms with E-state index in [1.807, 2.05) is 0 Å². The molecular weight excluding hydrogens is 502 g/mol. The third kappa shape index (κ3) is 7.49. The molecule has 0 aromatic heterocycles. The van der Waals surface area contributed by atoms with Gasteiger partial charge in [0.25, 0.3) is 0 Å². The normalized spacial score (nSPS) is 8.38. The smallest absolute Gasteiger partial charge is 0 e. The Morgan fingerprint density at radius 1 is 0.462 bits per heavy atom. The third-order valence-electron chi connectivity index (χ3n) is 5.62. The molecule has 2 aromatic rings. The monoisotopic (exact) mass is 534 g/mol. The minimum Gasteiger partial charge on any atom is -0.545 e. The molecule has 0 unspecified atom stereocenters. The summed E-state index contributed by atoms with van der Waals surface area (Å²) in [5.41, 5.74) is 14.7. The molecule has 2 radical (unpaired) electrons. The topological polar surface area (TPSA) is 34.1 Å². The third-order valence-corrected chi connectivity index (χ3v) is 5.62. The first-order chi connectivity index (χ1) is 11.1. The average molecular weight is 534 g/mol. The Morgan fingerprint density at radius 2 is 0.577 bits per heavy atom. The summed E-state index contributed by atoms with van der Waals surface area (Å²) in [6.07, 6.45) is 0. The summed E-state index contributed by atoms with van der Waals surface area (Å²) in [5.74, 6) is 0. The average Bonchev–Trinajstić information content (AvgIpc) is 2.89. The van der Waals surface area contributed by atoms with Crippen molar-refractivity contribution in [3.63, 3.8) is 0 Å². The summed E-state index contributed by atoms with van der Waals surface area (Å²) in [7, 11) is 0. The molecule has 4 heteroatoms. The van der Waals surface area contributed by atoms with Gasteiger partial charge < -0.3 is 9.59 Å². The van der Waals surface area contributed by atoms with Gasteiger partial charge in [0.15, 0.2) is 0 Å². The maximum Gasteiger partial charge on any atom is 0 e. The van der Waals surface area contributed by atoms with Gasteiger partial charge in [-0.2, -0.15) is 55.6 Å². The fraction of sp³-hybridized carbons (Fsp3) is 0.455. The van der Waals surface area contributed by atoms with Crippen LogP contribution in [0.2, 0.25) is 0 Å². The fourth-order valence-electron chi connectivity index (χ4n) is 2.81. The molecular formula is C22H32O2Rh2-4. The van der Waals surface area contributed by atoms with E-state index in [0.717, 1.165) is 0 Å². The van der Waals surface area contributed by atoms with Crippen LogP contribution in [0.5, 0.6) is 0 Å². The van der Waals surface area contributed by atoms with Crippen molar-refractivity contribution in [2.75, 3.05) is 0 Å². The quantitative estimate of drug-likeness (QED) is 0.260. The van der Waals surface area contributed by atoms with Gasteiger partial charge in [-0.25, -0.2) is 0 Å².